The van der Waals surface area contributed by atoms with Crippen molar-refractivity contribution in [3.8, 4) is 0 Å². The minimum absolute atomic E-state index is 0.0225. The molecule has 0 heterocycles. The molecule has 71 heavy (non-hydrogen) atoms. The number of nitrogens with zero attached hydrogens (tertiary/aromatic N) is 2. The summed E-state index contributed by atoms with van der Waals surface area (Å²) in [6.07, 6.45) is 37.5. The van der Waals surface area contributed by atoms with Gasteiger partial charge in [-0.05, 0) is 18.4 Å². The predicted molar refractivity (Wildman–Crippen MR) is 299 cm³/mol. The fourth-order valence-corrected chi connectivity index (χ4v) is 9.27. The van der Waals surface area contributed by atoms with Crippen LogP contribution >= 0.6 is 0 Å². The molecule has 0 spiro atoms. The number of aliphatic hydroxyl groups excluding tert-OH is 1. The van der Waals surface area contributed by atoms with Gasteiger partial charge in [-0.15, -0.1) is 0 Å². The van der Waals surface area contributed by atoms with Crippen molar-refractivity contribution in [2.45, 2.75) is 239 Å². The Balaban J connectivity index is 0.00000141. The molecule has 418 valence electrons. The van der Waals surface area contributed by atoms with Crippen LogP contribution in [0.5, 0.6) is 0 Å². The quantitative estimate of drug-likeness (QED) is 0.0391. The average Bonchev–Trinajstić information content (AvgIpc) is 3.30. The number of carbonyl (C=O) groups excluding carboxylic acids is 2. The number of rotatable bonds is 49. The molecule has 0 saturated heterocycles. The molecule has 0 aliphatic heterocycles. The topological polar surface area (TPSA) is 101 Å². The highest BCUT2D eigenvalue weighted by Gasteiger charge is 2.21. The third-order valence-corrected chi connectivity index (χ3v) is 12.8. The van der Waals surface area contributed by atoms with E-state index in [4.69, 9.17) is 23.7 Å². The Kier molecular flexibility index (Phi) is 46.2. The van der Waals surface area contributed by atoms with Gasteiger partial charge in [0, 0.05) is 25.0 Å². The first-order chi connectivity index (χ1) is 34.0. The molecule has 10 nitrogen and oxygen atoms in total. The van der Waals surface area contributed by atoms with E-state index >= 15 is 0 Å². The number of aliphatic hydroxyl groups is 1. The monoisotopic (exact) mass is 1010 g/mol. The van der Waals surface area contributed by atoms with Crippen molar-refractivity contribution >= 4 is 11.9 Å². The van der Waals surface area contributed by atoms with Crippen molar-refractivity contribution in [2.24, 2.45) is 11.8 Å². The summed E-state index contributed by atoms with van der Waals surface area (Å²) in [5, 5.41) is 9.93. The number of esters is 2. The van der Waals surface area contributed by atoms with Crippen LogP contribution in [0.15, 0.2) is 30.3 Å². The summed E-state index contributed by atoms with van der Waals surface area (Å²) in [4.78, 5) is 24.3. The molecular formula is C61H118N2O8+2. The summed E-state index contributed by atoms with van der Waals surface area (Å²) in [5.41, 5.74) is 1.11. The van der Waals surface area contributed by atoms with Crippen LogP contribution in [0, 0.1) is 11.8 Å². The van der Waals surface area contributed by atoms with Crippen LogP contribution in [0.2, 0.25) is 0 Å². The highest BCUT2D eigenvalue weighted by molar-refractivity contribution is 5.70. The summed E-state index contributed by atoms with van der Waals surface area (Å²) in [7, 11) is 12.8. The van der Waals surface area contributed by atoms with E-state index in [2.05, 4.69) is 70.0 Å². The Morgan fingerprint density at radius 2 is 0.803 bits per heavy atom. The molecule has 1 N–H and O–H groups in total. The molecule has 1 aromatic carbocycles. The van der Waals surface area contributed by atoms with Crippen LogP contribution in [0.25, 0.3) is 0 Å². The zero-order valence-corrected chi connectivity index (χ0v) is 48.5. The van der Waals surface area contributed by atoms with Crippen LogP contribution in [-0.4, -0.2) is 133 Å². The SMILES string of the molecule is CCCCCCCCCCCCCCCCOCC(COC(=O)CC(C)C[N+](C)(C)C)OCc1ccccc1.CCCCCCCCCCCCCCCCOCC(O)COC(=O)CC(C)C[N+](C)(C)C. The maximum atomic E-state index is 12.4. The van der Waals surface area contributed by atoms with E-state index in [1.54, 1.807) is 0 Å². The zero-order chi connectivity index (χ0) is 52.7. The van der Waals surface area contributed by atoms with Crippen molar-refractivity contribution in [3.05, 3.63) is 35.9 Å². The Hall–Kier alpha value is -2.08. The number of hydrogen-bond acceptors (Lipinski definition) is 8. The van der Waals surface area contributed by atoms with Crippen molar-refractivity contribution in [1.29, 1.82) is 0 Å². The van der Waals surface area contributed by atoms with Crippen LogP contribution in [-0.2, 0) is 39.9 Å². The van der Waals surface area contributed by atoms with Gasteiger partial charge in [0.2, 0.25) is 0 Å². The van der Waals surface area contributed by atoms with Gasteiger partial charge >= 0.3 is 11.9 Å². The van der Waals surface area contributed by atoms with E-state index in [1.165, 1.54) is 167 Å². The van der Waals surface area contributed by atoms with Crippen LogP contribution < -0.4 is 0 Å². The lowest BCUT2D eigenvalue weighted by atomic mass is 10.0. The van der Waals surface area contributed by atoms with Gasteiger partial charge in [0.25, 0.3) is 0 Å². The summed E-state index contributed by atoms with van der Waals surface area (Å²) in [6.45, 7) is 13.4. The molecule has 0 aliphatic carbocycles. The van der Waals surface area contributed by atoms with Gasteiger partial charge in [0.1, 0.15) is 25.4 Å². The fourth-order valence-electron chi connectivity index (χ4n) is 9.27. The second-order valence-electron chi connectivity index (χ2n) is 23.3. The number of unbranched alkanes of at least 4 members (excludes halogenated alkanes) is 26. The molecule has 4 atom stereocenters. The first-order valence-electron chi connectivity index (χ1n) is 29.5. The minimum atomic E-state index is -0.737. The van der Waals surface area contributed by atoms with E-state index in [-0.39, 0.29) is 49.7 Å². The van der Waals surface area contributed by atoms with Crippen molar-refractivity contribution in [2.75, 3.05) is 95.0 Å². The highest BCUT2D eigenvalue weighted by Crippen LogP contribution is 2.16. The number of hydrogen-bond donors (Lipinski definition) is 1. The maximum Gasteiger partial charge on any atom is 0.306 e. The standard InChI is InChI=1S/C34H62NO4.C27H56NO4/c1-6-7-8-9-10-11-12-13-14-15-16-17-18-22-25-37-29-33(38-28-32-23-20-19-21-24-32)30-39-34(36)26-31(2)27-35(3,4)5;1-6-7-8-9-10-11-12-13-14-15-16-17-18-19-20-31-23-26(29)24-32-27(30)21-25(2)22-28(3,4)5/h19-21,23-24,31,33H,6-18,22,25-30H2,1-5H3;25-26,29H,6-24H2,1-5H3/q2*+1. The van der Waals surface area contributed by atoms with Crippen LogP contribution in [0.1, 0.15) is 226 Å². The van der Waals surface area contributed by atoms with Gasteiger partial charge in [0.05, 0.1) is 88.0 Å². The lowest BCUT2D eigenvalue weighted by Crippen LogP contribution is -2.39. The molecule has 0 amide bonds. The zero-order valence-electron chi connectivity index (χ0n) is 48.5. The molecule has 0 aromatic heterocycles. The smallest absolute Gasteiger partial charge is 0.306 e. The number of carbonyl (C=O) groups is 2. The summed E-state index contributed by atoms with van der Waals surface area (Å²) < 4.78 is 30.0. The summed E-state index contributed by atoms with van der Waals surface area (Å²) in [6, 6.07) is 10.1. The third-order valence-electron chi connectivity index (χ3n) is 12.8. The largest absolute Gasteiger partial charge is 0.463 e. The second-order valence-corrected chi connectivity index (χ2v) is 23.3. The van der Waals surface area contributed by atoms with Crippen molar-refractivity contribution in [3.63, 3.8) is 0 Å². The Morgan fingerprint density at radius 1 is 0.465 bits per heavy atom. The van der Waals surface area contributed by atoms with Crippen LogP contribution in [0.4, 0.5) is 0 Å². The van der Waals surface area contributed by atoms with Gasteiger partial charge in [-0.3, -0.25) is 9.59 Å². The Labute approximate surface area is 439 Å². The average molecular weight is 1010 g/mol. The molecule has 0 fully saturated rings. The van der Waals surface area contributed by atoms with Crippen molar-refractivity contribution in [1.82, 2.24) is 0 Å². The minimum Gasteiger partial charge on any atom is -0.463 e. The lowest BCUT2D eigenvalue weighted by Gasteiger charge is -2.27. The molecule has 0 bridgehead atoms. The molecule has 10 heteroatoms. The van der Waals surface area contributed by atoms with E-state index in [9.17, 15) is 14.7 Å². The number of benzene rings is 1. The first-order valence-corrected chi connectivity index (χ1v) is 29.5. The molecule has 0 aliphatic rings. The van der Waals surface area contributed by atoms with Gasteiger partial charge in [-0.1, -0.05) is 225 Å². The summed E-state index contributed by atoms with van der Waals surface area (Å²) in [5.74, 6) is 0.141. The van der Waals surface area contributed by atoms with Gasteiger partial charge in [-0.25, -0.2) is 0 Å². The highest BCUT2D eigenvalue weighted by atomic mass is 16.6. The fraction of sp³-hybridized carbons (Fsp3) is 0.869. The summed E-state index contributed by atoms with van der Waals surface area (Å²) >= 11 is 0. The Bertz CT molecular complexity index is 1300. The molecule has 1 rings (SSSR count). The molecule has 4 unspecified atom stereocenters. The normalized spacial score (nSPS) is 13.6. The molecule has 0 radical (unpaired) electrons. The molecule has 1 aromatic rings. The number of quaternary nitrogens is 2. The van der Waals surface area contributed by atoms with E-state index < -0.39 is 6.10 Å². The molecular weight excluding hydrogens is 889 g/mol. The van der Waals surface area contributed by atoms with E-state index in [0.717, 1.165) is 47.1 Å². The van der Waals surface area contributed by atoms with Crippen LogP contribution in [0.3, 0.4) is 0 Å². The second kappa shape index (κ2) is 47.6. The van der Waals surface area contributed by atoms with Gasteiger partial charge < -0.3 is 37.8 Å². The van der Waals surface area contributed by atoms with E-state index in [1.807, 2.05) is 30.3 Å². The third kappa shape index (κ3) is 52.6. The molecule has 0 saturated carbocycles. The predicted octanol–water partition coefficient (Wildman–Crippen LogP) is 14.5. The van der Waals surface area contributed by atoms with Gasteiger partial charge in [-0.2, -0.15) is 0 Å². The maximum absolute atomic E-state index is 12.4. The lowest BCUT2D eigenvalue weighted by molar-refractivity contribution is -0.873. The van der Waals surface area contributed by atoms with Crippen molar-refractivity contribution < 1.29 is 47.3 Å². The first kappa shape index (κ1) is 68.9. The number of ether oxygens (including phenoxy) is 5. The van der Waals surface area contributed by atoms with E-state index in [0.29, 0.717) is 32.7 Å². The van der Waals surface area contributed by atoms with Gasteiger partial charge in [0.15, 0.2) is 0 Å². The Morgan fingerprint density at radius 3 is 1.17 bits per heavy atom.